The Balaban J connectivity index is 2.34. The molecule has 1 aliphatic carbocycles. The predicted octanol–water partition coefficient (Wildman–Crippen LogP) is 2.26. The van der Waals surface area contributed by atoms with E-state index in [9.17, 15) is 5.11 Å². The van der Waals surface area contributed by atoms with Crippen LogP contribution >= 0.6 is 15.9 Å². The highest BCUT2D eigenvalue weighted by molar-refractivity contribution is 9.10. The maximum Gasteiger partial charge on any atom is 0.0766 e. The Labute approximate surface area is 123 Å². The molecular weight excluding hydrogens is 306 g/mol. The number of nitrogens with zero attached hydrogens (tertiary/aromatic N) is 2. The highest BCUT2D eigenvalue weighted by Crippen LogP contribution is 2.42. The largest absolute Gasteiger partial charge is 0.392 e. The zero-order chi connectivity index (χ0) is 14.0. The van der Waals surface area contributed by atoms with Crippen LogP contribution in [0, 0.1) is 5.41 Å². The number of nitrogens with two attached hydrogens (primary N) is 1. The first-order valence-corrected chi connectivity index (χ1v) is 7.99. The fourth-order valence-corrected chi connectivity index (χ4v) is 3.86. The topological polar surface area (TPSA) is 64.1 Å². The molecule has 0 saturated heterocycles. The average molecular weight is 330 g/mol. The van der Waals surface area contributed by atoms with Gasteiger partial charge in [0.05, 0.1) is 22.0 Å². The van der Waals surface area contributed by atoms with Crippen molar-refractivity contribution < 1.29 is 5.11 Å². The Hall–Kier alpha value is -0.390. The van der Waals surface area contributed by atoms with Crippen LogP contribution in [0.1, 0.15) is 44.5 Å². The molecule has 3 N–H and O–H groups in total. The third kappa shape index (κ3) is 2.60. The van der Waals surface area contributed by atoms with Crippen molar-refractivity contribution in [1.82, 2.24) is 9.78 Å². The minimum absolute atomic E-state index is 0.166. The molecular formula is C14H24BrN3O. The van der Waals surface area contributed by atoms with Crippen LogP contribution in [0.2, 0.25) is 0 Å². The van der Waals surface area contributed by atoms with Gasteiger partial charge in [0.15, 0.2) is 0 Å². The van der Waals surface area contributed by atoms with Gasteiger partial charge in [0.1, 0.15) is 0 Å². The van der Waals surface area contributed by atoms with E-state index in [4.69, 9.17) is 5.73 Å². The lowest BCUT2D eigenvalue weighted by Crippen LogP contribution is -2.40. The molecule has 1 aromatic heterocycles. The second-order valence-electron chi connectivity index (χ2n) is 5.53. The van der Waals surface area contributed by atoms with Crippen molar-refractivity contribution in [2.75, 3.05) is 6.54 Å². The van der Waals surface area contributed by atoms with E-state index in [1.165, 1.54) is 5.69 Å². The van der Waals surface area contributed by atoms with E-state index < -0.39 is 0 Å². The van der Waals surface area contributed by atoms with Gasteiger partial charge in [-0.1, -0.05) is 13.3 Å². The van der Waals surface area contributed by atoms with Crippen LogP contribution in [-0.4, -0.2) is 27.5 Å². The minimum Gasteiger partial charge on any atom is -0.392 e. The van der Waals surface area contributed by atoms with E-state index >= 15 is 0 Å². The van der Waals surface area contributed by atoms with Gasteiger partial charge in [-0.2, -0.15) is 5.10 Å². The lowest BCUT2D eigenvalue weighted by Gasteiger charge is -2.31. The van der Waals surface area contributed by atoms with Crippen LogP contribution in [0.5, 0.6) is 0 Å². The molecule has 2 rings (SSSR count). The molecule has 0 amide bonds. The summed E-state index contributed by atoms with van der Waals surface area (Å²) in [6.07, 6.45) is 4.39. The average Bonchev–Trinajstić information content (AvgIpc) is 2.93. The van der Waals surface area contributed by atoms with Crippen molar-refractivity contribution in [3.63, 3.8) is 0 Å². The van der Waals surface area contributed by atoms with Crippen molar-refractivity contribution in [2.45, 2.75) is 58.6 Å². The molecule has 5 heteroatoms. The van der Waals surface area contributed by atoms with Crippen LogP contribution in [-0.2, 0) is 19.4 Å². The molecule has 1 heterocycles. The van der Waals surface area contributed by atoms with Crippen molar-refractivity contribution in [3.05, 3.63) is 15.9 Å². The minimum atomic E-state index is -0.283. The Morgan fingerprint density at radius 2 is 2.26 bits per heavy atom. The van der Waals surface area contributed by atoms with Gasteiger partial charge in [-0.25, -0.2) is 0 Å². The number of aryl methyl sites for hydroxylation is 2. The van der Waals surface area contributed by atoms with E-state index in [2.05, 4.69) is 34.9 Å². The summed E-state index contributed by atoms with van der Waals surface area (Å²) in [5.41, 5.74) is 8.10. The number of rotatable bonds is 5. The summed E-state index contributed by atoms with van der Waals surface area (Å²) >= 11 is 3.68. The third-order valence-corrected chi connectivity index (χ3v) is 5.39. The Morgan fingerprint density at radius 1 is 1.53 bits per heavy atom. The molecule has 0 aliphatic heterocycles. The van der Waals surface area contributed by atoms with E-state index in [1.807, 2.05) is 4.68 Å². The molecule has 19 heavy (non-hydrogen) atoms. The molecule has 1 saturated carbocycles. The van der Waals surface area contributed by atoms with Crippen molar-refractivity contribution >= 4 is 15.9 Å². The zero-order valence-electron chi connectivity index (χ0n) is 11.8. The number of hydrogen-bond acceptors (Lipinski definition) is 3. The molecule has 0 bridgehead atoms. The molecule has 0 radical (unpaired) electrons. The normalized spacial score (nSPS) is 27.1. The Morgan fingerprint density at radius 3 is 2.74 bits per heavy atom. The van der Waals surface area contributed by atoms with Gasteiger partial charge in [-0.3, -0.25) is 4.68 Å². The number of aromatic nitrogens is 2. The first-order chi connectivity index (χ1) is 9.07. The maximum atomic E-state index is 10.3. The first-order valence-electron chi connectivity index (χ1n) is 7.20. The van der Waals surface area contributed by atoms with Gasteiger partial charge in [-0.05, 0) is 48.5 Å². The molecule has 2 unspecified atom stereocenters. The summed E-state index contributed by atoms with van der Waals surface area (Å²) in [7, 11) is 0. The maximum absolute atomic E-state index is 10.3. The number of aliphatic hydroxyl groups excluding tert-OH is 1. The van der Waals surface area contributed by atoms with Crippen molar-refractivity contribution in [2.24, 2.45) is 11.1 Å². The van der Waals surface area contributed by atoms with E-state index in [0.717, 1.165) is 48.8 Å². The molecule has 2 atom stereocenters. The standard InChI is InChI=1S/C14H24BrN3O/c1-3-10-13(15)11(18(4-2)17-10)8-14(9-16)7-5-6-12(14)19/h12,19H,3-9,16H2,1-2H3. The lowest BCUT2D eigenvalue weighted by molar-refractivity contribution is 0.0572. The predicted molar refractivity (Wildman–Crippen MR) is 80.0 cm³/mol. The summed E-state index contributed by atoms with van der Waals surface area (Å²) in [6, 6.07) is 0. The van der Waals surface area contributed by atoms with Gasteiger partial charge in [0.2, 0.25) is 0 Å². The highest BCUT2D eigenvalue weighted by Gasteiger charge is 2.42. The first kappa shape index (κ1) is 15.0. The molecule has 108 valence electrons. The number of hydrogen-bond donors (Lipinski definition) is 2. The van der Waals surface area contributed by atoms with Crippen LogP contribution in [0.25, 0.3) is 0 Å². The zero-order valence-corrected chi connectivity index (χ0v) is 13.4. The van der Waals surface area contributed by atoms with Gasteiger partial charge >= 0.3 is 0 Å². The van der Waals surface area contributed by atoms with E-state index in [0.29, 0.717) is 6.54 Å². The lowest BCUT2D eigenvalue weighted by atomic mass is 9.79. The molecule has 1 aliphatic rings. The summed E-state index contributed by atoms with van der Waals surface area (Å²) in [5, 5.41) is 14.9. The third-order valence-electron chi connectivity index (χ3n) is 4.48. The van der Waals surface area contributed by atoms with Crippen molar-refractivity contribution in [3.8, 4) is 0 Å². The second kappa shape index (κ2) is 5.94. The van der Waals surface area contributed by atoms with E-state index in [1.54, 1.807) is 0 Å². The summed E-state index contributed by atoms with van der Waals surface area (Å²) in [6.45, 7) is 5.60. The quantitative estimate of drug-likeness (QED) is 0.870. The second-order valence-corrected chi connectivity index (χ2v) is 6.32. The number of halogens is 1. The molecule has 0 aromatic carbocycles. The van der Waals surface area contributed by atoms with Crippen LogP contribution < -0.4 is 5.73 Å². The molecule has 4 nitrogen and oxygen atoms in total. The fourth-order valence-electron chi connectivity index (χ4n) is 3.16. The van der Waals surface area contributed by atoms with Crippen LogP contribution in [0.3, 0.4) is 0 Å². The summed E-state index contributed by atoms with van der Waals surface area (Å²) < 4.78 is 3.15. The Bertz CT molecular complexity index is 446. The van der Waals surface area contributed by atoms with Crippen LogP contribution in [0.4, 0.5) is 0 Å². The summed E-state index contributed by atoms with van der Waals surface area (Å²) in [5.74, 6) is 0. The Kier molecular flexibility index (Phi) is 4.69. The molecule has 0 spiro atoms. The molecule has 1 fully saturated rings. The summed E-state index contributed by atoms with van der Waals surface area (Å²) in [4.78, 5) is 0. The van der Waals surface area contributed by atoms with E-state index in [-0.39, 0.29) is 11.5 Å². The SMILES string of the molecule is CCc1nn(CC)c(CC2(CN)CCCC2O)c1Br. The highest BCUT2D eigenvalue weighted by atomic mass is 79.9. The van der Waals surface area contributed by atoms with Gasteiger partial charge in [-0.15, -0.1) is 0 Å². The monoisotopic (exact) mass is 329 g/mol. The molecule has 1 aromatic rings. The van der Waals surface area contributed by atoms with Crippen LogP contribution in [0.15, 0.2) is 4.47 Å². The van der Waals surface area contributed by atoms with Gasteiger partial charge in [0.25, 0.3) is 0 Å². The van der Waals surface area contributed by atoms with Crippen molar-refractivity contribution in [1.29, 1.82) is 0 Å². The van der Waals surface area contributed by atoms with Gasteiger partial charge in [0, 0.05) is 18.5 Å². The smallest absolute Gasteiger partial charge is 0.0766 e. The van der Waals surface area contributed by atoms with Gasteiger partial charge < -0.3 is 10.8 Å². The number of aliphatic hydroxyl groups is 1. The fraction of sp³-hybridized carbons (Fsp3) is 0.786.